The second kappa shape index (κ2) is 4.49. The van der Waals surface area contributed by atoms with Gasteiger partial charge < -0.3 is 10.2 Å². The molecule has 1 N–H and O–H groups in total. The molecule has 2 rings (SSSR count). The summed E-state index contributed by atoms with van der Waals surface area (Å²) in [4.78, 5) is 7.08. The molecule has 1 saturated heterocycles. The number of nitrogens with one attached hydrogen (secondary N) is 1. The van der Waals surface area contributed by atoms with Crippen molar-refractivity contribution in [3.8, 4) is 0 Å². The Morgan fingerprint density at radius 2 is 2.33 bits per heavy atom. The van der Waals surface area contributed by atoms with Crippen LogP contribution in [-0.2, 0) is 0 Å². The van der Waals surface area contributed by atoms with Crippen LogP contribution in [0, 0.1) is 6.92 Å². The van der Waals surface area contributed by atoms with E-state index >= 15 is 0 Å². The van der Waals surface area contributed by atoms with E-state index < -0.39 is 0 Å². The molecule has 1 aromatic heterocycles. The molecule has 0 bridgehead atoms. The molecular formula is C11H19N3S. The zero-order valence-corrected chi connectivity index (χ0v) is 10.5. The SMILES string of the molecule is CNc1sc(C2CCCN(C)C2)nc1C. The highest BCUT2D eigenvalue weighted by molar-refractivity contribution is 7.16. The first-order valence-corrected chi connectivity index (χ1v) is 6.36. The number of aromatic nitrogens is 1. The highest BCUT2D eigenvalue weighted by Crippen LogP contribution is 2.33. The summed E-state index contributed by atoms with van der Waals surface area (Å²) in [5.74, 6) is 0.648. The Morgan fingerprint density at radius 3 is 2.93 bits per heavy atom. The zero-order chi connectivity index (χ0) is 10.8. The predicted molar refractivity (Wildman–Crippen MR) is 65.9 cm³/mol. The van der Waals surface area contributed by atoms with Crippen molar-refractivity contribution in [2.24, 2.45) is 0 Å². The van der Waals surface area contributed by atoms with Crippen LogP contribution < -0.4 is 5.32 Å². The van der Waals surface area contributed by atoms with Crippen LogP contribution in [0.3, 0.4) is 0 Å². The normalized spacial score (nSPS) is 23.0. The van der Waals surface area contributed by atoms with Gasteiger partial charge in [0.15, 0.2) is 0 Å². The van der Waals surface area contributed by atoms with Crippen molar-refractivity contribution in [1.82, 2.24) is 9.88 Å². The number of rotatable bonds is 2. The first-order valence-electron chi connectivity index (χ1n) is 5.54. The van der Waals surface area contributed by atoms with E-state index in [2.05, 4.69) is 29.2 Å². The van der Waals surface area contributed by atoms with Crippen molar-refractivity contribution in [3.05, 3.63) is 10.7 Å². The van der Waals surface area contributed by atoms with Crippen LogP contribution in [0.25, 0.3) is 0 Å². The minimum atomic E-state index is 0.648. The van der Waals surface area contributed by atoms with Gasteiger partial charge >= 0.3 is 0 Å². The molecule has 2 heterocycles. The number of thiazole rings is 1. The summed E-state index contributed by atoms with van der Waals surface area (Å²) in [6.45, 7) is 4.48. The van der Waals surface area contributed by atoms with E-state index in [1.54, 1.807) is 0 Å². The van der Waals surface area contributed by atoms with Crippen LogP contribution in [0.5, 0.6) is 0 Å². The fraction of sp³-hybridized carbons (Fsp3) is 0.727. The third-order valence-electron chi connectivity index (χ3n) is 3.01. The maximum atomic E-state index is 4.67. The lowest BCUT2D eigenvalue weighted by Gasteiger charge is -2.28. The van der Waals surface area contributed by atoms with Crippen molar-refractivity contribution in [2.45, 2.75) is 25.7 Å². The summed E-state index contributed by atoms with van der Waals surface area (Å²) in [5, 5.41) is 5.74. The number of nitrogens with zero attached hydrogens (tertiary/aromatic N) is 2. The molecule has 4 heteroatoms. The highest BCUT2D eigenvalue weighted by atomic mass is 32.1. The van der Waals surface area contributed by atoms with E-state index in [1.807, 2.05) is 18.4 Å². The van der Waals surface area contributed by atoms with Gasteiger partial charge in [0, 0.05) is 19.5 Å². The van der Waals surface area contributed by atoms with Gasteiger partial charge in [-0.2, -0.15) is 0 Å². The number of likely N-dealkylation sites (N-methyl/N-ethyl adjacent to an activating group) is 1. The van der Waals surface area contributed by atoms with Crippen LogP contribution in [0.2, 0.25) is 0 Å². The fourth-order valence-electron chi connectivity index (χ4n) is 2.19. The van der Waals surface area contributed by atoms with E-state index in [0.717, 1.165) is 12.2 Å². The number of hydrogen-bond acceptors (Lipinski definition) is 4. The molecule has 84 valence electrons. The summed E-state index contributed by atoms with van der Waals surface area (Å²) in [6.07, 6.45) is 2.59. The van der Waals surface area contributed by atoms with Gasteiger partial charge in [-0.05, 0) is 33.4 Å². The standard InChI is InChI=1S/C11H19N3S/c1-8-10(12-2)15-11(13-8)9-5-4-6-14(3)7-9/h9,12H,4-7H2,1-3H3. The first-order chi connectivity index (χ1) is 7.20. The number of likely N-dealkylation sites (tertiary alicyclic amines) is 1. The van der Waals surface area contributed by atoms with Gasteiger partial charge in [0.25, 0.3) is 0 Å². The molecule has 0 aromatic carbocycles. The number of anilines is 1. The lowest BCUT2D eigenvalue weighted by molar-refractivity contribution is 0.250. The molecule has 0 aliphatic carbocycles. The van der Waals surface area contributed by atoms with E-state index in [9.17, 15) is 0 Å². The highest BCUT2D eigenvalue weighted by Gasteiger charge is 2.22. The molecular weight excluding hydrogens is 206 g/mol. The maximum absolute atomic E-state index is 4.67. The van der Waals surface area contributed by atoms with Gasteiger partial charge in [-0.25, -0.2) is 4.98 Å². The van der Waals surface area contributed by atoms with Crippen LogP contribution in [0.15, 0.2) is 0 Å². The van der Waals surface area contributed by atoms with Gasteiger partial charge in [-0.15, -0.1) is 11.3 Å². The van der Waals surface area contributed by atoms with Gasteiger partial charge in [-0.3, -0.25) is 0 Å². The van der Waals surface area contributed by atoms with Gasteiger partial charge in [0.05, 0.1) is 10.7 Å². The molecule has 1 aliphatic heterocycles. The lowest BCUT2D eigenvalue weighted by Crippen LogP contribution is -2.30. The topological polar surface area (TPSA) is 28.2 Å². The summed E-state index contributed by atoms with van der Waals surface area (Å²) in [5.41, 5.74) is 1.14. The predicted octanol–water partition coefficient (Wildman–Crippen LogP) is 2.30. The smallest absolute Gasteiger partial charge is 0.111 e. The van der Waals surface area contributed by atoms with E-state index in [0.29, 0.717) is 5.92 Å². The third kappa shape index (κ3) is 2.32. The lowest BCUT2D eigenvalue weighted by atomic mass is 9.99. The molecule has 0 amide bonds. The van der Waals surface area contributed by atoms with Crippen LogP contribution in [-0.4, -0.2) is 37.1 Å². The van der Waals surface area contributed by atoms with Crippen molar-refractivity contribution in [1.29, 1.82) is 0 Å². The largest absolute Gasteiger partial charge is 0.378 e. The van der Waals surface area contributed by atoms with Crippen molar-refractivity contribution < 1.29 is 0 Å². The van der Waals surface area contributed by atoms with E-state index in [1.165, 1.54) is 29.4 Å². The first kappa shape index (κ1) is 10.9. The Kier molecular flexibility index (Phi) is 3.26. The quantitative estimate of drug-likeness (QED) is 0.837. The van der Waals surface area contributed by atoms with E-state index in [-0.39, 0.29) is 0 Å². The van der Waals surface area contributed by atoms with Crippen molar-refractivity contribution in [3.63, 3.8) is 0 Å². The van der Waals surface area contributed by atoms with Gasteiger partial charge in [0.2, 0.25) is 0 Å². The van der Waals surface area contributed by atoms with Gasteiger partial charge in [0.1, 0.15) is 5.00 Å². The summed E-state index contributed by atoms with van der Waals surface area (Å²) in [7, 11) is 4.17. The number of aryl methyl sites for hydroxylation is 1. The van der Waals surface area contributed by atoms with Crippen molar-refractivity contribution in [2.75, 3.05) is 32.5 Å². The van der Waals surface area contributed by atoms with Gasteiger partial charge in [-0.1, -0.05) is 0 Å². The molecule has 1 atom stereocenters. The second-order valence-electron chi connectivity index (χ2n) is 4.32. The summed E-state index contributed by atoms with van der Waals surface area (Å²) >= 11 is 1.82. The molecule has 15 heavy (non-hydrogen) atoms. The Hall–Kier alpha value is -0.610. The summed E-state index contributed by atoms with van der Waals surface area (Å²) in [6, 6.07) is 0. The average molecular weight is 225 g/mol. The van der Waals surface area contributed by atoms with Crippen molar-refractivity contribution >= 4 is 16.3 Å². The van der Waals surface area contributed by atoms with Crippen LogP contribution >= 0.6 is 11.3 Å². The maximum Gasteiger partial charge on any atom is 0.111 e. The minimum Gasteiger partial charge on any atom is -0.378 e. The molecule has 0 saturated carbocycles. The molecule has 3 nitrogen and oxygen atoms in total. The van der Waals surface area contributed by atoms with Crippen LogP contribution in [0.4, 0.5) is 5.00 Å². The minimum absolute atomic E-state index is 0.648. The molecule has 0 radical (unpaired) electrons. The molecule has 0 spiro atoms. The van der Waals surface area contributed by atoms with Crippen LogP contribution in [0.1, 0.15) is 29.5 Å². The monoisotopic (exact) mass is 225 g/mol. The molecule has 1 aromatic rings. The van der Waals surface area contributed by atoms with E-state index in [4.69, 9.17) is 0 Å². The zero-order valence-electron chi connectivity index (χ0n) is 9.71. The Bertz CT molecular complexity index is 335. The fourth-order valence-corrected chi connectivity index (χ4v) is 3.24. The Balaban J connectivity index is 2.14. The number of hydrogen-bond donors (Lipinski definition) is 1. The molecule has 1 unspecified atom stereocenters. The molecule has 1 aliphatic rings. The summed E-state index contributed by atoms with van der Waals surface area (Å²) < 4.78 is 0. The Morgan fingerprint density at radius 1 is 1.53 bits per heavy atom. The number of piperidine rings is 1. The average Bonchev–Trinajstić information content (AvgIpc) is 2.60. The molecule has 1 fully saturated rings. The Labute approximate surface area is 95.5 Å². The third-order valence-corrected chi connectivity index (χ3v) is 4.35. The second-order valence-corrected chi connectivity index (χ2v) is 5.35.